The third-order valence-corrected chi connectivity index (χ3v) is 15.1. The lowest BCUT2D eigenvalue weighted by molar-refractivity contribution is -0.165. The number of imide groups is 1. The van der Waals surface area contributed by atoms with E-state index < -0.39 is 10.8 Å². The van der Waals surface area contributed by atoms with Crippen molar-refractivity contribution in [2.45, 2.75) is 116 Å². The highest BCUT2D eigenvalue weighted by atomic mass is 16.2. The number of nitrogen functional groups attached to an aromatic ring is 1. The van der Waals surface area contributed by atoms with E-state index in [-0.39, 0.29) is 34.5 Å². The molecule has 0 heterocycles. The number of carbonyl (C=O) groups excluding carboxylic acids is 2. The summed E-state index contributed by atoms with van der Waals surface area (Å²) in [5.41, 5.74) is 14.9. The maximum Gasteiger partial charge on any atom is 0.235 e. The SMILES string of the molecule is CN(C(=O)[C@@]1(C)CCC[C@]2(C)c3cc(N)ccc3CCC12)C(=O)[C@@]1(C)CCC[C@]2(C)c3cc(N(Cc4ccccc4)Cc4ccccc4)ccc3CC[C@@H]12. The molecule has 4 aliphatic rings. The second kappa shape index (κ2) is 13.7. The van der Waals surface area contributed by atoms with E-state index in [1.165, 1.54) is 39.1 Å². The largest absolute Gasteiger partial charge is 0.399 e. The van der Waals surface area contributed by atoms with Crippen LogP contribution in [0.1, 0.15) is 112 Å². The molecule has 0 radical (unpaired) electrons. The number of hydrogen-bond acceptors (Lipinski definition) is 4. The number of hydrogen-bond donors (Lipinski definition) is 1. The first-order valence-corrected chi connectivity index (χ1v) is 20.5. The Balaban J connectivity index is 1.09. The molecule has 2 amide bonds. The van der Waals surface area contributed by atoms with Crippen molar-refractivity contribution < 1.29 is 9.59 Å². The Kier molecular flexibility index (Phi) is 9.30. The minimum absolute atomic E-state index is 0.0141. The molecule has 1 unspecified atom stereocenters. The van der Waals surface area contributed by atoms with Gasteiger partial charge in [0.15, 0.2) is 0 Å². The number of amides is 2. The molecule has 54 heavy (non-hydrogen) atoms. The van der Waals surface area contributed by atoms with Crippen LogP contribution in [-0.4, -0.2) is 23.8 Å². The standard InChI is InChI=1S/C49H59N3O2/c1-46-26-12-28-48(3,42(46)24-20-36-18-22-38(50)30-40(36)46)44(53)51(5)45(54)49(4)29-13-27-47(2)41-31-39(23-19-37(41)21-25-43(47)49)52(32-34-14-8-6-9-15-34)33-35-16-10-7-11-17-35/h6-11,14-19,22-23,30-31,42-43H,12-13,20-21,24-29,32-33,50H2,1-5H3/t42?,43-,46-,47-,48+,49+/m1/s1. The lowest BCUT2D eigenvalue weighted by Crippen LogP contribution is -2.60. The van der Waals surface area contributed by atoms with Crippen molar-refractivity contribution in [3.63, 3.8) is 0 Å². The number of aryl methyl sites for hydroxylation is 2. The highest BCUT2D eigenvalue weighted by Crippen LogP contribution is 2.60. The predicted octanol–water partition coefficient (Wildman–Crippen LogP) is 10.2. The molecule has 6 atom stereocenters. The van der Waals surface area contributed by atoms with E-state index in [1.807, 2.05) is 6.07 Å². The lowest BCUT2D eigenvalue weighted by Gasteiger charge is -2.57. The molecule has 2 fully saturated rings. The van der Waals surface area contributed by atoms with Gasteiger partial charge in [-0.2, -0.15) is 0 Å². The van der Waals surface area contributed by atoms with E-state index in [4.69, 9.17) is 5.73 Å². The Morgan fingerprint density at radius 2 is 1.09 bits per heavy atom. The summed E-state index contributed by atoms with van der Waals surface area (Å²) in [6.45, 7) is 10.8. The predicted molar refractivity (Wildman–Crippen MR) is 220 cm³/mol. The Morgan fingerprint density at radius 3 is 1.59 bits per heavy atom. The summed E-state index contributed by atoms with van der Waals surface area (Å²) >= 11 is 0. The fourth-order valence-electron chi connectivity index (χ4n) is 12.3. The van der Waals surface area contributed by atoms with E-state index in [9.17, 15) is 4.79 Å². The maximum atomic E-state index is 15.1. The van der Waals surface area contributed by atoms with Gasteiger partial charge in [-0.1, -0.05) is 113 Å². The number of rotatable bonds is 7. The van der Waals surface area contributed by atoms with Gasteiger partial charge in [0.05, 0.1) is 10.8 Å². The van der Waals surface area contributed by atoms with Crippen molar-refractivity contribution in [3.05, 3.63) is 130 Å². The van der Waals surface area contributed by atoms with Gasteiger partial charge in [0.25, 0.3) is 0 Å². The highest BCUT2D eigenvalue weighted by Gasteiger charge is 2.59. The first-order chi connectivity index (χ1) is 25.9. The van der Waals surface area contributed by atoms with Gasteiger partial charge in [-0.15, -0.1) is 0 Å². The van der Waals surface area contributed by atoms with Crippen molar-refractivity contribution in [2.24, 2.45) is 22.7 Å². The van der Waals surface area contributed by atoms with E-state index in [2.05, 4.69) is 124 Å². The third-order valence-electron chi connectivity index (χ3n) is 15.1. The van der Waals surface area contributed by atoms with E-state index in [0.29, 0.717) is 0 Å². The Morgan fingerprint density at radius 1 is 0.630 bits per heavy atom. The Bertz CT molecular complexity index is 2000. The smallest absolute Gasteiger partial charge is 0.235 e. The summed E-state index contributed by atoms with van der Waals surface area (Å²) in [7, 11) is 1.80. The molecule has 0 aromatic heterocycles. The zero-order valence-corrected chi connectivity index (χ0v) is 33.2. The van der Waals surface area contributed by atoms with Crippen molar-refractivity contribution in [2.75, 3.05) is 17.7 Å². The molecule has 4 aliphatic carbocycles. The summed E-state index contributed by atoms with van der Waals surface area (Å²) in [6, 6.07) is 34.9. The van der Waals surface area contributed by atoms with Gasteiger partial charge in [-0.25, -0.2) is 0 Å². The van der Waals surface area contributed by atoms with Crippen LogP contribution in [0.4, 0.5) is 11.4 Å². The van der Waals surface area contributed by atoms with Crippen LogP contribution in [0.25, 0.3) is 0 Å². The summed E-state index contributed by atoms with van der Waals surface area (Å²) in [6.07, 6.45) is 9.48. The molecular weight excluding hydrogens is 663 g/mol. The Labute approximate surface area is 323 Å². The number of anilines is 2. The molecule has 2 saturated carbocycles. The highest BCUT2D eigenvalue weighted by molar-refractivity contribution is 6.00. The maximum absolute atomic E-state index is 15.1. The number of fused-ring (bicyclic) bond motifs is 6. The van der Waals surface area contributed by atoms with E-state index >= 15 is 4.79 Å². The van der Waals surface area contributed by atoms with Crippen LogP contribution in [0.2, 0.25) is 0 Å². The summed E-state index contributed by atoms with van der Waals surface area (Å²) in [5.74, 6) is 0.344. The monoisotopic (exact) mass is 721 g/mol. The fourth-order valence-corrected chi connectivity index (χ4v) is 12.3. The lowest BCUT2D eigenvalue weighted by atomic mass is 9.48. The molecule has 0 saturated heterocycles. The van der Waals surface area contributed by atoms with Gasteiger partial charge >= 0.3 is 0 Å². The van der Waals surface area contributed by atoms with Gasteiger partial charge in [-0.3, -0.25) is 14.5 Å². The zero-order chi connectivity index (χ0) is 37.9. The number of nitrogens with zero attached hydrogens (tertiary/aromatic N) is 2. The minimum atomic E-state index is -0.624. The summed E-state index contributed by atoms with van der Waals surface area (Å²) < 4.78 is 0. The molecule has 0 aliphatic heterocycles. The summed E-state index contributed by atoms with van der Waals surface area (Å²) in [4.78, 5) is 34.1. The van der Waals surface area contributed by atoms with Crippen LogP contribution in [0, 0.1) is 22.7 Å². The van der Waals surface area contributed by atoms with Gasteiger partial charge < -0.3 is 10.6 Å². The molecule has 0 bridgehead atoms. The van der Waals surface area contributed by atoms with E-state index in [0.717, 1.165) is 83.0 Å². The van der Waals surface area contributed by atoms with Crippen LogP contribution in [0.3, 0.4) is 0 Å². The molecule has 8 rings (SSSR count). The molecule has 4 aromatic rings. The fraction of sp³-hybridized carbons (Fsp3) is 0.469. The van der Waals surface area contributed by atoms with Gasteiger partial charge in [0.1, 0.15) is 0 Å². The van der Waals surface area contributed by atoms with Crippen LogP contribution < -0.4 is 10.6 Å². The molecule has 282 valence electrons. The quantitative estimate of drug-likeness (QED) is 0.152. The Hall–Kier alpha value is -4.38. The van der Waals surface area contributed by atoms with Gasteiger partial charge in [-0.05, 0) is 132 Å². The topological polar surface area (TPSA) is 66.6 Å². The molecule has 5 heteroatoms. The second-order valence-electron chi connectivity index (χ2n) is 18.3. The van der Waals surface area contributed by atoms with Crippen molar-refractivity contribution in [1.82, 2.24) is 4.90 Å². The number of nitrogens with two attached hydrogens (primary N) is 1. The zero-order valence-electron chi connectivity index (χ0n) is 33.2. The van der Waals surface area contributed by atoms with Crippen molar-refractivity contribution in [1.29, 1.82) is 0 Å². The summed E-state index contributed by atoms with van der Waals surface area (Å²) in [5, 5.41) is 0. The normalized spacial score (nSPS) is 29.9. The first kappa shape index (κ1) is 36.6. The molecule has 4 aromatic carbocycles. The van der Waals surface area contributed by atoms with Gasteiger partial charge in [0.2, 0.25) is 11.8 Å². The molecule has 2 N–H and O–H groups in total. The van der Waals surface area contributed by atoms with E-state index in [1.54, 1.807) is 11.9 Å². The number of carbonyl (C=O) groups is 2. The number of benzene rings is 4. The molecule has 5 nitrogen and oxygen atoms in total. The molecule has 0 spiro atoms. The second-order valence-corrected chi connectivity index (χ2v) is 18.3. The first-order valence-electron chi connectivity index (χ1n) is 20.5. The average Bonchev–Trinajstić information content (AvgIpc) is 3.17. The van der Waals surface area contributed by atoms with Crippen LogP contribution in [0.5, 0.6) is 0 Å². The minimum Gasteiger partial charge on any atom is -0.399 e. The van der Waals surface area contributed by atoms with Crippen molar-refractivity contribution in [3.8, 4) is 0 Å². The van der Waals surface area contributed by atoms with Crippen LogP contribution >= 0.6 is 0 Å². The van der Waals surface area contributed by atoms with Crippen LogP contribution in [0.15, 0.2) is 97.1 Å². The third kappa shape index (κ3) is 5.97. The van der Waals surface area contributed by atoms with Crippen LogP contribution in [-0.2, 0) is 46.4 Å². The molecular formula is C49H59N3O2. The average molecular weight is 722 g/mol. The van der Waals surface area contributed by atoms with Crippen molar-refractivity contribution >= 4 is 23.2 Å². The van der Waals surface area contributed by atoms with Gasteiger partial charge in [0, 0.05) is 31.5 Å².